The van der Waals surface area contributed by atoms with E-state index in [1.807, 2.05) is 19.9 Å². The fraction of sp³-hybridized carbons (Fsp3) is 0.577. The summed E-state index contributed by atoms with van der Waals surface area (Å²) in [5.74, 6) is -3.56. The lowest BCUT2D eigenvalue weighted by molar-refractivity contribution is -0.346. The van der Waals surface area contributed by atoms with Crippen LogP contribution < -0.4 is 10.6 Å². The third-order valence-corrected chi connectivity index (χ3v) is 7.54. The van der Waals surface area contributed by atoms with Crippen molar-refractivity contribution in [2.24, 2.45) is 17.8 Å². The molecule has 2 amide bonds. The van der Waals surface area contributed by atoms with Gasteiger partial charge in [-0.25, -0.2) is 0 Å². The molecule has 8 atom stereocenters. The molecule has 4 rings (SSSR count). The number of aliphatic hydroxyl groups is 1. The number of carbonyl (C=O) groups excluding carboxylic acids is 3. The first-order valence-corrected chi connectivity index (χ1v) is 12.0. The van der Waals surface area contributed by atoms with Crippen LogP contribution in [0.4, 0.5) is 0 Å². The van der Waals surface area contributed by atoms with Crippen molar-refractivity contribution in [3.8, 4) is 0 Å². The van der Waals surface area contributed by atoms with Crippen molar-refractivity contribution >= 4 is 17.6 Å². The molecule has 3 saturated heterocycles. The van der Waals surface area contributed by atoms with Crippen LogP contribution in [0.1, 0.15) is 34.6 Å². The van der Waals surface area contributed by atoms with Gasteiger partial charge in [0, 0.05) is 18.9 Å². The second kappa shape index (κ2) is 9.04. The molecule has 9 heteroatoms. The summed E-state index contributed by atoms with van der Waals surface area (Å²) in [6.07, 6.45) is 8.94. The van der Waals surface area contributed by atoms with Gasteiger partial charge in [0.15, 0.2) is 11.4 Å². The van der Waals surface area contributed by atoms with Gasteiger partial charge in [-0.2, -0.15) is 0 Å². The van der Waals surface area contributed by atoms with Crippen LogP contribution in [0.25, 0.3) is 0 Å². The van der Waals surface area contributed by atoms with Gasteiger partial charge in [-0.3, -0.25) is 14.4 Å². The van der Waals surface area contributed by atoms with Crippen molar-refractivity contribution < 1.29 is 33.7 Å². The highest BCUT2D eigenvalue weighted by Crippen LogP contribution is 2.51. The maximum atomic E-state index is 12.7. The first-order valence-electron chi connectivity index (χ1n) is 12.0. The van der Waals surface area contributed by atoms with Gasteiger partial charge in [-0.05, 0) is 26.0 Å². The summed E-state index contributed by atoms with van der Waals surface area (Å²) in [7, 11) is 1.46. The van der Waals surface area contributed by atoms with E-state index in [1.54, 1.807) is 13.0 Å². The fourth-order valence-electron chi connectivity index (χ4n) is 5.17. The van der Waals surface area contributed by atoms with Crippen LogP contribution in [0.5, 0.6) is 0 Å². The van der Waals surface area contributed by atoms with Crippen molar-refractivity contribution in [3.05, 3.63) is 47.3 Å². The molecule has 3 N–H and O–H groups in total. The second-order valence-corrected chi connectivity index (χ2v) is 10.1. The number of Topliss-reactive ketones (excluding diaryl/α,β-unsaturated/α-hetero) is 1. The molecule has 9 nitrogen and oxygen atoms in total. The van der Waals surface area contributed by atoms with E-state index >= 15 is 0 Å². The van der Waals surface area contributed by atoms with Crippen LogP contribution in [0, 0.1) is 17.8 Å². The SMILES string of the molecule is CNC(=O)[C@@H](C)[C@@H]1NC(=O)/C(=C(O)/C=C/C(C)=C/[C@@H](C)C2OC3(C)OC(C=C[C@@]34CO4)C2C)C1=O. The molecule has 4 aliphatic rings. The van der Waals surface area contributed by atoms with Gasteiger partial charge in [-0.1, -0.05) is 44.6 Å². The molecule has 4 aliphatic heterocycles. The van der Waals surface area contributed by atoms with E-state index in [-0.39, 0.29) is 35.5 Å². The number of fused-ring (bicyclic) bond motifs is 3. The van der Waals surface area contributed by atoms with Crippen LogP contribution in [0.15, 0.2) is 47.3 Å². The smallest absolute Gasteiger partial charge is 0.259 e. The van der Waals surface area contributed by atoms with Crippen LogP contribution in [0.3, 0.4) is 0 Å². The molecule has 190 valence electrons. The van der Waals surface area contributed by atoms with Crippen LogP contribution >= 0.6 is 0 Å². The predicted molar refractivity (Wildman–Crippen MR) is 127 cm³/mol. The van der Waals surface area contributed by atoms with E-state index in [1.165, 1.54) is 13.1 Å². The summed E-state index contributed by atoms with van der Waals surface area (Å²) < 4.78 is 18.3. The Morgan fingerprint density at radius 3 is 2.60 bits per heavy atom. The zero-order chi connectivity index (χ0) is 25.7. The van der Waals surface area contributed by atoms with Gasteiger partial charge >= 0.3 is 0 Å². The van der Waals surface area contributed by atoms with E-state index in [2.05, 4.69) is 36.6 Å². The third-order valence-electron chi connectivity index (χ3n) is 7.54. The number of ether oxygens (including phenoxy) is 3. The van der Waals surface area contributed by atoms with Crippen LogP contribution in [-0.2, 0) is 28.6 Å². The van der Waals surface area contributed by atoms with E-state index in [9.17, 15) is 19.5 Å². The highest BCUT2D eigenvalue weighted by atomic mass is 16.8. The zero-order valence-corrected chi connectivity index (χ0v) is 21.0. The molecule has 0 radical (unpaired) electrons. The minimum absolute atomic E-state index is 0.0201. The molecule has 0 aliphatic carbocycles. The molecule has 0 aromatic rings. The lowest BCUT2D eigenvalue weighted by Crippen LogP contribution is -2.61. The van der Waals surface area contributed by atoms with E-state index in [4.69, 9.17) is 14.2 Å². The summed E-state index contributed by atoms with van der Waals surface area (Å²) in [6, 6.07) is -1.01. The van der Waals surface area contributed by atoms with Crippen molar-refractivity contribution in [2.45, 2.75) is 64.3 Å². The van der Waals surface area contributed by atoms with Gasteiger partial charge in [0.25, 0.3) is 5.91 Å². The molecule has 0 aromatic heterocycles. The molecule has 1 spiro atoms. The maximum Gasteiger partial charge on any atom is 0.259 e. The van der Waals surface area contributed by atoms with Crippen molar-refractivity contribution in [2.75, 3.05) is 13.7 Å². The molecule has 4 unspecified atom stereocenters. The number of aliphatic hydroxyl groups excluding tert-OH is 1. The highest BCUT2D eigenvalue weighted by Gasteiger charge is 2.65. The largest absolute Gasteiger partial charge is 0.507 e. The van der Waals surface area contributed by atoms with Gasteiger partial charge in [0.1, 0.15) is 17.4 Å². The van der Waals surface area contributed by atoms with Gasteiger partial charge in [0.2, 0.25) is 11.7 Å². The van der Waals surface area contributed by atoms with E-state index in [0.29, 0.717) is 6.61 Å². The van der Waals surface area contributed by atoms with E-state index < -0.39 is 40.8 Å². The molecule has 35 heavy (non-hydrogen) atoms. The summed E-state index contributed by atoms with van der Waals surface area (Å²) in [4.78, 5) is 36.9. The minimum Gasteiger partial charge on any atom is -0.507 e. The lowest BCUT2D eigenvalue weighted by atomic mass is 9.82. The number of rotatable bonds is 6. The Morgan fingerprint density at radius 2 is 1.97 bits per heavy atom. The number of hydrogen-bond donors (Lipinski definition) is 3. The zero-order valence-electron chi connectivity index (χ0n) is 21.0. The first-order chi connectivity index (χ1) is 16.4. The lowest BCUT2D eigenvalue weighted by Gasteiger charge is -2.51. The number of nitrogens with one attached hydrogen (secondary N) is 2. The Bertz CT molecular complexity index is 1050. The van der Waals surface area contributed by atoms with Crippen LogP contribution in [0.2, 0.25) is 0 Å². The summed E-state index contributed by atoms with van der Waals surface area (Å²) >= 11 is 0. The molecular weight excluding hydrogens is 452 g/mol. The molecule has 0 saturated carbocycles. The Labute approximate surface area is 205 Å². The van der Waals surface area contributed by atoms with Crippen molar-refractivity contribution in [1.82, 2.24) is 10.6 Å². The molecular formula is C26H34N2O7. The highest BCUT2D eigenvalue weighted by molar-refractivity contribution is 6.27. The quantitative estimate of drug-likeness (QED) is 0.131. The van der Waals surface area contributed by atoms with Crippen molar-refractivity contribution in [1.29, 1.82) is 0 Å². The van der Waals surface area contributed by atoms with Crippen molar-refractivity contribution in [3.63, 3.8) is 0 Å². The van der Waals surface area contributed by atoms with Gasteiger partial charge in [0.05, 0.1) is 24.7 Å². The Morgan fingerprint density at radius 1 is 1.29 bits per heavy atom. The normalized spacial score (nSPS) is 39.5. The topological polar surface area (TPSA) is 126 Å². The Hall–Kier alpha value is -2.75. The minimum atomic E-state index is -1.01. The number of carbonyl (C=O) groups is 3. The number of allylic oxidation sites excluding steroid dienone is 3. The Kier molecular flexibility index (Phi) is 6.54. The predicted octanol–water partition coefficient (Wildman–Crippen LogP) is 1.86. The number of amides is 2. The monoisotopic (exact) mass is 486 g/mol. The standard InChI is InChI=1S/C26H34N2O7/c1-13(7-8-17(29)19-21(30)20(28-24(19)32)16(4)23(31)27-6)11-14(2)22-15(3)18-9-10-26(12-33-26)25(5,34-18)35-22/h7-11,14-16,18,20,22,29H,12H2,1-6H3,(H,27,31)(H,28,32)/b8-7+,13-11+,19-17-/t14-,15?,16+,18?,20+,22?,25?,26-/m1/s1. The average Bonchev–Trinajstić information content (AvgIpc) is 3.55. The third kappa shape index (κ3) is 4.37. The Balaban J connectivity index is 1.47. The molecule has 3 fully saturated rings. The maximum absolute atomic E-state index is 12.7. The summed E-state index contributed by atoms with van der Waals surface area (Å²) in [5.41, 5.74) is -0.0254. The number of ketones is 1. The van der Waals surface area contributed by atoms with Gasteiger partial charge < -0.3 is 30.0 Å². The average molecular weight is 487 g/mol. The number of epoxide rings is 1. The van der Waals surface area contributed by atoms with Crippen LogP contribution in [-0.4, -0.2) is 66.0 Å². The van der Waals surface area contributed by atoms with E-state index in [0.717, 1.165) is 5.57 Å². The van der Waals surface area contributed by atoms with Gasteiger partial charge in [-0.15, -0.1) is 0 Å². The molecule has 4 heterocycles. The summed E-state index contributed by atoms with van der Waals surface area (Å²) in [5, 5.41) is 15.4. The summed E-state index contributed by atoms with van der Waals surface area (Å²) in [6.45, 7) is 10.1. The first kappa shape index (κ1) is 25.3. The fourth-order valence-corrected chi connectivity index (χ4v) is 5.17. The molecule has 2 bridgehead atoms. The number of hydrogen-bond acceptors (Lipinski definition) is 7. The second-order valence-electron chi connectivity index (χ2n) is 10.1. The molecule has 0 aromatic carbocycles.